The predicted octanol–water partition coefficient (Wildman–Crippen LogP) is 3.54. The van der Waals surface area contributed by atoms with Crippen LogP contribution < -0.4 is 19.2 Å². The molecule has 1 fully saturated rings. The van der Waals surface area contributed by atoms with Crippen LogP contribution in [0.3, 0.4) is 0 Å². The van der Waals surface area contributed by atoms with Gasteiger partial charge in [0.25, 0.3) is 0 Å². The number of methoxy groups -OCH3 is 2. The first-order chi connectivity index (χ1) is 16.9. The van der Waals surface area contributed by atoms with Crippen molar-refractivity contribution in [2.45, 2.75) is 50.9 Å². The Morgan fingerprint density at radius 1 is 1.11 bits per heavy atom. The molecule has 0 saturated carbocycles. The zero-order valence-corrected chi connectivity index (χ0v) is 20.7. The summed E-state index contributed by atoms with van der Waals surface area (Å²) in [5, 5.41) is 11.3. The number of ether oxygens (including phenoxy) is 4. The van der Waals surface area contributed by atoms with Gasteiger partial charge in [-0.15, -0.1) is 0 Å². The highest BCUT2D eigenvalue weighted by Crippen LogP contribution is 2.57. The Morgan fingerprint density at radius 2 is 1.89 bits per heavy atom. The number of nitrogens with zero attached hydrogens (tertiary/aromatic N) is 2. The van der Waals surface area contributed by atoms with E-state index >= 15 is 0 Å². The summed E-state index contributed by atoms with van der Waals surface area (Å²) in [5.41, 5.74) is 5.22. The molecule has 2 aromatic rings. The molecule has 188 valence electrons. The van der Waals surface area contributed by atoms with Crippen LogP contribution in [0.2, 0.25) is 0 Å². The van der Waals surface area contributed by atoms with E-state index in [4.69, 9.17) is 18.9 Å². The smallest absolute Gasteiger partial charge is 0.231 e. The fourth-order valence-electron chi connectivity index (χ4n) is 6.93. The lowest BCUT2D eigenvalue weighted by molar-refractivity contribution is -0.0678. The minimum Gasteiger partial charge on any atom is -0.507 e. The Hall–Kier alpha value is -2.75. The van der Waals surface area contributed by atoms with E-state index in [9.17, 15) is 9.63 Å². The van der Waals surface area contributed by atoms with Crippen LogP contribution >= 0.6 is 0 Å². The van der Waals surface area contributed by atoms with Crippen molar-refractivity contribution in [3.63, 3.8) is 0 Å². The molecule has 35 heavy (non-hydrogen) atoms. The Labute approximate surface area is 204 Å². The number of phenolic OH excluding ortho intramolecular Hbond substituents is 1. The molecular formula is C26H31FN2O6. The minimum atomic E-state index is -0.157. The molecule has 9 heteroatoms. The molecule has 4 unspecified atom stereocenters. The molecule has 0 radical (unpaired) electrons. The number of aromatic hydroxyl groups is 1. The predicted molar refractivity (Wildman–Crippen MR) is 125 cm³/mol. The second kappa shape index (κ2) is 8.15. The van der Waals surface area contributed by atoms with E-state index in [0.717, 1.165) is 40.8 Å². The van der Waals surface area contributed by atoms with E-state index in [1.165, 1.54) is 7.11 Å². The number of hydrogen-bond donors (Lipinski definition) is 1. The highest BCUT2D eigenvalue weighted by molar-refractivity contribution is 5.66. The van der Waals surface area contributed by atoms with E-state index in [-0.39, 0.29) is 42.5 Å². The second-order valence-corrected chi connectivity index (χ2v) is 10.0. The van der Waals surface area contributed by atoms with Crippen LogP contribution in [0.5, 0.6) is 28.7 Å². The topological polar surface area (TPSA) is 72.9 Å². The van der Waals surface area contributed by atoms with Crippen molar-refractivity contribution in [3.05, 3.63) is 39.4 Å². The molecule has 4 aliphatic rings. The lowest BCUT2D eigenvalue weighted by atomic mass is 9.74. The Balaban J connectivity index is 1.56. The van der Waals surface area contributed by atoms with Crippen LogP contribution in [0.4, 0.5) is 4.53 Å². The Morgan fingerprint density at radius 3 is 2.60 bits per heavy atom. The Kier molecular flexibility index (Phi) is 5.28. The van der Waals surface area contributed by atoms with Crippen molar-refractivity contribution in [2.75, 3.05) is 41.2 Å². The molecule has 1 N–H and O–H groups in total. The average molecular weight is 487 g/mol. The molecule has 4 atom stereocenters. The number of aryl methyl sites for hydroxylation is 1. The van der Waals surface area contributed by atoms with Crippen molar-refractivity contribution in [1.82, 2.24) is 9.80 Å². The monoisotopic (exact) mass is 486 g/mol. The van der Waals surface area contributed by atoms with Crippen molar-refractivity contribution in [1.29, 1.82) is 0 Å². The third-order valence-corrected chi connectivity index (χ3v) is 8.44. The van der Waals surface area contributed by atoms with Gasteiger partial charge in [0.2, 0.25) is 12.5 Å². The van der Waals surface area contributed by atoms with Crippen molar-refractivity contribution < 1.29 is 33.5 Å². The van der Waals surface area contributed by atoms with Gasteiger partial charge in [0.05, 0.1) is 25.8 Å². The summed E-state index contributed by atoms with van der Waals surface area (Å²) >= 11 is 0. The summed E-state index contributed by atoms with van der Waals surface area (Å²) in [7, 11) is 5.31. The van der Waals surface area contributed by atoms with Gasteiger partial charge in [-0.05, 0) is 44.9 Å². The third kappa shape index (κ3) is 3.01. The fraction of sp³-hybridized carbons (Fsp3) is 0.538. The molecule has 2 bridgehead atoms. The maximum atomic E-state index is 14.1. The van der Waals surface area contributed by atoms with E-state index in [0.29, 0.717) is 35.8 Å². The molecule has 0 spiro atoms. The molecular weight excluding hydrogens is 455 g/mol. The Bertz CT molecular complexity index is 1200. The number of fused-ring (bicyclic) bond motifs is 9. The molecule has 2 aromatic carbocycles. The summed E-state index contributed by atoms with van der Waals surface area (Å²) in [6.45, 7) is 5.14. The van der Waals surface area contributed by atoms with Crippen molar-refractivity contribution >= 4 is 0 Å². The van der Waals surface area contributed by atoms with Gasteiger partial charge >= 0.3 is 0 Å². The van der Waals surface area contributed by atoms with E-state index in [2.05, 4.69) is 27.9 Å². The van der Waals surface area contributed by atoms with Crippen LogP contribution in [0.15, 0.2) is 6.07 Å². The number of benzene rings is 2. The number of rotatable bonds is 4. The van der Waals surface area contributed by atoms with Gasteiger partial charge < -0.3 is 24.1 Å². The number of piperazine rings is 1. The van der Waals surface area contributed by atoms with Crippen LogP contribution in [0.25, 0.3) is 0 Å². The third-order valence-electron chi connectivity index (χ3n) is 8.44. The van der Waals surface area contributed by atoms with Crippen LogP contribution in [-0.2, 0) is 17.6 Å². The summed E-state index contributed by atoms with van der Waals surface area (Å²) in [4.78, 5) is 9.27. The van der Waals surface area contributed by atoms with Crippen LogP contribution in [-0.4, -0.2) is 68.2 Å². The van der Waals surface area contributed by atoms with E-state index in [1.807, 2.05) is 13.8 Å². The molecule has 8 nitrogen and oxygen atoms in total. The molecule has 6 rings (SSSR count). The zero-order valence-electron chi connectivity index (χ0n) is 20.7. The molecule has 0 aliphatic carbocycles. The first-order valence-electron chi connectivity index (χ1n) is 12.0. The second-order valence-electron chi connectivity index (χ2n) is 10.0. The van der Waals surface area contributed by atoms with Gasteiger partial charge in [-0.3, -0.25) is 14.7 Å². The molecule has 0 aromatic heterocycles. The average Bonchev–Trinajstić information content (AvgIpc) is 3.32. The van der Waals surface area contributed by atoms with Gasteiger partial charge in [-0.25, -0.2) is 0 Å². The molecule has 1 saturated heterocycles. The maximum Gasteiger partial charge on any atom is 0.231 e. The van der Waals surface area contributed by atoms with Crippen LogP contribution in [0, 0.1) is 13.8 Å². The zero-order chi connectivity index (χ0) is 24.6. The highest BCUT2D eigenvalue weighted by atomic mass is 19.3. The molecule has 4 aliphatic heterocycles. The number of likely N-dealkylation sites (N-methyl/N-ethyl adjacent to an activating group) is 1. The van der Waals surface area contributed by atoms with Crippen LogP contribution in [0.1, 0.15) is 45.5 Å². The van der Waals surface area contributed by atoms with Gasteiger partial charge in [0.1, 0.15) is 5.75 Å². The van der Waals surface area contributed by atoms with Crippen molar-refractivity contribution in [3.8, 4) is 28.7 Å². The van der Waals surface area contributed by atoms with Gasteiger partial charge in [0, 0.05) is 52.5 Å². The number of hydrogen-bond acceptors (Lipinski definition) is 8. The standard InChI is InChI=1S/C26H31FN2O6/c1-12-6-14-7-15-9-29-17(21(28(15)3)19(14)26(35-27)23(12)32-5)8-16-20(18(29)10-31-4)25-24(33-11-34-25)13(2)22(16)30/h6,15,17-18,21,30H,7-11H2,1-5H3. The van der Waals surface area contributed by atoms with E-state index in [1.54, 1.807) is 7.11 Å². The number of phenols is 1. The SMILES string of the molecule is COCC1c2c(c(O)c(C)c3c2OCO3)CC2C3c4c(cc(C)c(OC)c4OF)CC(CN12)N3C. The van der Waals surface area contributed by atoms with Gasteiger partial charge in [-0.2, -0.15) is 0 Å². The lowest BCUT2D eigenvalue weighted by Gasteiger charge is -2.58. The summed E-state index contributed by atoms with van der Waals surface area (Å²) < 4.78 is 37.0. The van der Waals surface area contributed by atoms with E-state index < -0.39 is 0 Å². The molecule has 4 heterocycles. The fourth-order valence-corrected chi connectivity index (χ4v) is 6.93. The largest absolute Gasteiger partial charge is 0.507 e. The first kappa shape index (κ1) is 22.7. The quantitative estimate of drug-likeness (QED) is 0.704. The lowest BCUT2D eigenvalue weighted by Crippen LogP contribution is -2.64. The normalized spacial score (nSPS) is 26.7. The number of halogens is 1. The van der Waals surface area contributed by atoms with Gasteiger partial charge in [-0.1, -0.05) is 6.07 Å². The minimum absolute atomic E-state index is 0.0464. The summed E-state index contributed by atoms with van der Waals surface area (Å²) in [5.74, 6) is 2.11. The first-order valence-corrected chi connectivity index (χ1v) is 12.0. The highest BCUT2D eigenvalue weighted by Gasteiger charge is 2.52. The molecule has 0 amide bonds. The summed E-state index contributed by atoms with van der Waals surface area (Å²) in [6, 6.07) is 1.99. The van der Waals surface area contributed by atoms with Gasteiger partial charge in [0.15, 0.2) is 17.2 Å². The maximum absolute atomic E-state index is 14.1. The summed E-state index contributed by atoms with van der Waals surface area (Å²) in [6.07, 6.45) is 1.35. The van der Waals surface area contributed by atoms with Crippen molar-refractivity contribution in [2.24, 2.45) is 0 Å².